The second kappa shape index (κ2) is 9.66. The van der Waals surface area contributed by atoms with Crippen LogP contribution >= 0.6 is 11.3 Å². The van der Waals surface area contributed by atoms with Crippen LogP contribution in [0.5, 0.6) is 11.5 Å². The van der Waals surface area contributed by atoms with Gasteiger partial charge in [-0.05, 0) is 30.3 Å². The molecular weight excluding hydrogens is 526 g/mol. The van der Waals surface area contributed by atoms with Crippen LogP contribution in [-0.2, 0) is 0 Å². The minimum Gasteiger partial charge on any atom is -0.453 e. The Morgan fingerprint density at radius 3 is 1.78 bits per heavy atom. The molecule has 0 saturated heterocycles. The quantitative estimate of drug-likeness (QED) is 0.219. The molecule has 0 aliphatic carbocycles. The molecule has 8 rings (SSSR count). The van der Waals surface area contributed by atoms with E-state index in [2.05, 4.69) is 29.2 Å². The molecule has 7 heteroatoms. The third-order valence-corrected chi connectivity index (χ3v) is 7.96. The van der Waals surface area contributed by atoms with Gasteiger partial charge in [0.2, 0.25) is 0 Å². The van der Waals surface area contributed by atoms with Crippen molar-refractivity contribution < 1.29 is 4.74 Å². The first-order chi connectivity index (χ1) is 20.3. The molecule has 1 aliphatic rings. The van der Waals surface area contributed by atoms with Crippen molar-refractivity contribution in [2.24, 2.45) is 0 Å². The van der Waals surface area contributed by atoms with Crippen molar-refractivity contribution in [1.82, 2.24) is 19.9 Å². The normalized spacial score (nSPS) is 12.0. The average Bonchev–Trinajstić information content (AvgIpc) is 3.46. The highest BCUT2D eigenvalue weighted by Gasteiger charge is 2.27. The molecule has 0 radical (unpaired) electrons. The molecular formula is C34H21N5OS. The largest absolute Gasteiger partial charge is 0.453 e. The first kappa shape index (κ1) is 23.5. The number of rotatable bonds is 4. The molecule has 0 saturated carbocycles. The van der Waals surface area contributed by atoms with Crippen LogP contribution in [0.1, 0.15) is 0 Å². The summed E-state index contributed by atoms with van der Waals surface area (Å²) in [6.07, 6.45) is 0. The van der Waals surface area contributed by atoms with Gasteiger partial charge in [0, 0.05) is 22.9 Å². The van der Waals surface area contributed by atoms with E-state index in [1.165, 1.54) is 0 Å². The Hall–Kier alpha value is -5.40. The number of thiazole rings is 1. The van der Waals surface area contributed by atoms with Gasteiger partial charge in [0.15, 0.2) is 34.0 Å². The van der Waals surface area contributed by atoms with Crippen LogP contribution in [0.3, 0.4) is 0 Å². The SMILES string of the molecule is c1ccc(-c2nc(-c3ccccc3)nc(-c3nc4cc5c(cc4s3)N(c3ccccc3)c3ccccc3O5)n2)cc1. The Morgan fingerprint density at radius 2 is 1.10 bits per heavy atom. The highest BCUT2D eigenvalue weighted by atomic mass is 32.1. The van der Waals surface area contributed by atoms with Gasteiger partial charge in [0.1, 0.15) is 0 Å². The smallest absolute Gasteiger partial charge is 0.192 e. The molecule has 0 spiro atoms. The molecule has 0 fully saturated rings. The van der Waals surface area contributed by atoms with Gasteiger partial charge in [-0.25, -0.2) is 19.9 Å². The molecule has 0 bridgehead atoms. The van der Waals surface area contributed by atoms with Crippen LogP contribution in [0.2, 0.25) is 0 Å². The minimum atomic E-state index is 0.543. The number of aromatic nitrogens is 4. The van der Waals surface area contributed by atoms with Crippen LogP contribution in [0.25, 0.3) is 43.8 Å². The third-order valence-electron chi connectivity index (χ3n) is 6.94. The summed E-state index contributed by atoms with van der Waals surface area (Å²) in [4.78, 5) is 21.8. The van der Waals surface area contributed by atoms with Gasteiger partial charge < -0.3 is 9.64 Å². The Balaban J connectivity index is 1.29. The number of nitrogens with zero attached hydrogens (tertiary/aromatic N) is 5. The molecule has 1 aliphatic heterocycles. The number of fused-ring (bicyclic) bond motifs is 3. The minimum absolute atomic E-state index is 0.543. The third kappa shape index (κ3) is 4.20. The predicted octanol–water partition coefficient (Wildman–Crippen LogP) is 9.06. The van der Waals surface area contributed by atoms with E-state index in [9.17, 15) is 0 Å². The van der Waals surface area contributed by atoms with Crippen molar-refractivity contribution in [2.45, 2.75) is 0 Å². The van der Waals surface area contributed by atoms with Gasteiger partial charge in [-0.15, -0.1) is 11.3 Å². The van der Waals surface area contributed by atoms with Crippen molar-refractivity contribution in [3.63, 3.8) is 0 Å². The Bertz CT molecular complexity index is 1970. The van der Waals surface area contributed by atoms with Gasteiger partial charge in [-0.1, -0.05) is 91.0 Å². The number of ether oxygens (including phenoxy) is 1. The van der Waals surface area contributed by atoms with E-state index in [1.807, 2.05) is 103 Å². The zero-order valence-electron chi connectivity index (χ0n) is 21.7. The molecule has 0 atom stereocenters. The maximum atomic E-state index is 6.39. The number of para-hydroxylation sites is 3. The fourth-order valence-corrected chi connectivity index (χ4v) is 5.95. The lowest BCUT2D eigenvalue weighted by atomic mass is 10.1. The van der Waals surface area contributed by atoms with Gasteiger partial charge in [-0.2, -0.15) is 0 Å². The Kier molecular flexibility index (Phi) is 5.53. The standard InChI is InChI=1S/C34H21N5OS/c1-4-12-22(13-5-1)31-36-32(23-14-6-2-7-15-23)38-33(37-31)34-35-25-20-29-27(21-30(25)41-34)39(24-16-8-3-9-17-24)26-18-10-11-19-28(26)40-29/h1-21H. The average molecular weight is 548 g/mol. The fourth-order valence-electron chi connectivity index (χ4n) is 5.03. The topological polar surface area (TPSA) is 64.0 Å². The van der Waals surface area contributed by atoms with Crippen LogP contribution in [0.4, 0.5) is 17.1 Å². The van der Waals surface area contributed by atoms with E-state index in [0.717, 1.165) is 54.9 Å². The maximum Gasteiger partial charge on any atom is 0.192 e. The highest BCUT2D eigenvalue weighted by molar-refractivity contribution is 7.21. The number of benzene rings is 5. The van der Waals surface area contributed by atoms with Gasteiger partial charge in [-0.3, -0.25) is 0 Å². The van der Waals surface area contributed by atoms with E-state index in [-0.39, 0.29) is 0 Å². The molecule has 194 valence electrons. The van der Waals surface area contributed by atoms with Crippen molar-refractivity contribution in [3.05, 3.63) is 127 Å². The summed E-state index contributed by atoms with van der Waals surface area (Å²) in [5.74, 6) is 3.32. The van der Waals surface area contributed by atoms with E-state index >= 15 is 0 Å². The number of anilines is 3. The van der Waals surface area contributed by atoms with Crippen LogP contribution in [0, 0.1) is 0 Å². The molecule has 0 unspecified atom stereocenters. The Morgan fingerprint density at radius 1 is 0.512 bits per heavy atom. The highest BCUT2D eigenvalue weighted by Crippen LogP contribution is 2.52. The summed E-state index contributed by atoms with van der Waals surface area (Å²) >= 11 is 1.56. The lowest BCUT2D eigenvalue weighted by molar-refractivity contribution is 0.477. The summed E-state index contributed by atoms with van der Waals surface area (Å²) < 4.78 is 7.41. The van der Waals surface area contributed by atoms with Gasteiger partial charge >= 0.3 is 0 Å². The summed E-state index contributed by atoms with van der Waals surface area (Å²) in [6, 6.07) is 42.5. The predicted molar refractivity (Wildman–Crippen MR) is 164 cm³/mol. The Labute approximate surface area is 240 Å². The molecule has 6 nitrogen and oxygen atoms in total. The zero-order valence-corrected chi connectivity index (χ0v) is 22.5. The van der Waals surface area contributed by atoms with Crippen molar-refractivity contribution in [2.75, 3.05) is 4.90 Å². The molecule has 5 aromatic carbocycles. The van der Waals surface area contributed by atoms with E-state index < -0.39 is 0 Å². The lowest BCUT2D eigenvalue weighted by Crippen LogP contribution is -2.15. The summed E-state index contributed by atoms with van der Waals surface area (Å²) in [5, 5.41) is 0.725. The molecule has 0 N–H and O–H groups in total. The second-order valence-electron chi connectivity index (χ2n) is 9.59. The summed E-state index contributed by atoms with van der Waals surface area (Å²) in [7, 11) is 0. The second-order valence-corrected chi connectivity index (χ2v) is 10.6. The molecule has 3 heterocycles. The van der Waals surface area contributed by atoms with Gasteiger partial charge in [0.05, 0.1) is 21.6 Å². The zero-order chi connectivity index (χ0) is 27.2. The molecule has 7 aromatic rings. The lowest BCUT2D eigenvalue weighted by Gasteiger charge is -2.32. The fraction of sp³-hybridized carbons (Fsp3) is 0. The van der Waals surface area contributed by atoms with Crippen LogP contribution < -0.4 is 9.64 Å². The van der Waals surface area contributed by atoms with E-state index in [1.54, 1.807) is 11.3 Å². The molecule has 2 aromatic heterocycles. The summed E-state index contributed by atoms with van der Waals surface area (Å²) in [5.41, 5.74) is 5.70. The first-order valence-electron chi connectivity index (χ1n) is 13.2. The summed E-state index contributed by atoms with van der Waals surface area (Å²) in [6.45, 7) is 0. The van der Waals surface area contributed by atoms with Crippen LogP contribution in [-0.4, -0.2) is 19.9 Å². The van der Waals surface area contributed by atoms with Crippen molar-refractivity contribution in [3.8, 4) is 45.1 Å². The number of hydrogen-bond acceptors (Lipinski definition) is 7. The van der Waals surface area contributed by atoms with E-state index in [4.69, 9.17) is 24.7 Å². The molecule has 41 heavy (non-hydrogen) atoms. The molecule has 0 amide bonds. The van der Waals surface area contributed by atoms with Crippen molar-refractivity contribution in [1.29, 1.82) is 0 Å². The number of hydrogen-bond donors (Lipinski definition) is 0. The maximum absolute atomic E-state index is 6.39. The van der Waals surface area contributed by atoms with Gasteiger partial charge in [0.25, 0.3) is 0 Å². The monoisotopic (exact) mass is 547 g/mol. The van der Waals surface area contributed by atoms with Crippen molar-refractivity contribution >= 4 is 38.6 Å². The van der Waals surface area contributed by atoms with Crippen LogP contribution in [0.15, 0.2) is 127 Å². The van der Waals surface area contributed by atoms with E-state index in [0.29, 0.717) is 17.5 Å². The first-order valence-corrected chi connectivity index (χ1v) is 14.1.